The summed E-state index contributed by atoms with van der Waals surface area (Å²) in [6.07, 6.45) is 6.92. The Morgan fingerprint density at radius 1 is 1.35 bits per heavy atom. The first-order valence-corrected chi connectivity index (χ1v) is 7.12. The zero-order valence-corrected chi connectivity index (χ0v) is 11.2. The molecule has 1 unspecified atom stereocenters. The van der Waals surface area contributed by atoms with Crippen molar-refractivity contribution in [3.05, 3.63) is 0 Å². The van der Waals surface area contributed by atoms with Crippen molar-refractivity contribution >= 4 is 5.91 Å². The van der Waals surface area contributed by atoms with Crippen LogP contribution in [0.5, 0.6) is 0 Å². The summed E-state index contributed by atoms with van der Waals surface area (Å²) in [7, 11) is 0. The van der Waals surface area contributed by atoms with E-state index in [0.29, 0.717) is 23.8 Å². The van der Waals surface area contributed by atoms with Gasteiger partial charge in [-0.05, 0) is 50.1 Å². The molecule has 0 aromatic carbocycles. The third-order valence-corrected chi connectivity index (χ3v) is 4.43. The van der Waals surface area contributed by atoms with Crippen molar-refractivity contribution in [2.24, 2.45) is 11.3 Å². The Morgan fingerprint density at radius 3 is 2.71 bits per heavy atom. The van der Waals surface area contributed by atoms with Crippen LogP contribution in [0.15, 0.2) is 0 Å². The van der Waals surface area contributed by atoms with E-state index in [1.54, 1.807) is 0 Å². The van der Waals surface area contributed by atoms with Crippen molar-refractivity contribution in [3.63, 3.8) is 0 Å². The summed E-state index contributed by atoms with van der Waals surface area (Å²) in [5.41, 5.74) is 0.415. The Bertz CT molecular complexity index is 269. The van der Waals surface area contributed by atoms with Gasteiger partial charge in [0.25, 0.3) is 0 Å². The average molecular weight is 238 g/mol. The number of piperidine rings is 1. The molecular weight excluding hydrogens is 212 g/mol. The average Bonchev–Trinajstić information content (AvgIpc) is 2.61. The van der Waals surface area contributed by atoms with Gasteiger partial charge in [0.05, 0.1) is 0 Å². The smallest absolute Gasteiger partial charge is 0.220 e. The molecular formula is C14H26N2O. The molecule has 1 spiro atoms. The van der Waals surface area contributed by atoms with Crippen molar-refractivity contribution in [1.82, 2.24) is 10.6 Å². The summed E-state index contributed by atoms with van der Waals surface area (Å²) in [5.74, 6) is 0.713. The van der Waals surface area contributed by atoms with E-state index in [2.05, 4.69) is 24.5 Å². The van der Waals surface area contributed by atoms with Gasteiger partial charge in [-0.2, -0.15) is 0 Å². The molecule has 98 valence electrons. The number of carbonyl (C=O) groups excluding carboxylic acids is 1. The molecule has 0 radical (unpaired) electrons. The Hall–Kier alpha value is -0.570. The SMILES string of the molecule is CC(C)CC(=O)NC1CCCC12CCNCC2. The lowest BCUT2D eigenvalue weighted by molar-refractivity contribution is -0.123. The Labute approximate surface area is 105 Å². The fraction of sp³-hybridized carbons (Fsp3) is 0.929. The molecule has 2 rings (SSSR count). The second-order valence-corrected chi connectivity index (χ2v) is 6.22. The molecule has 1 heterocycles. The van der Waals surface area contributed by atoms with Gasteiger partial charge < -0.3 is 10.6 Å². The first-order valence-electron chi connectivity index (χ1n) is 7.12. The van der Waals surface area contributed by atoms with Crippen molar-refractivity contribution < 1.29 is 4.79 Å². The molecule has 3 heteroatoms. The lowest BCUT2D eigenvalue weighted by Gasteiger charge is -2.39. The molecule has 17 heavy (non-hydrogen) atoms. The molecule has 1 saturated carbocycles. The van der Waals surface area contributed by atoms with Crippen LogP contribution >= 0.6 is 0 Å². The normalized spacial score (nSPS) is 27.6. The summed E-state index contributed by atoms with van der Waals surface area (Å²) >= 11 is 0. The van der Waals surface area contributed by atoms with Crippen molar-refractivity contribution in [2.75, 3.05) is 13.1 Å². The van der Waals surface area contributed by atoms with Crippen LogP contribution in [0, 0.1) is 11.3 Å². The van der Waals surface area contributed by atoms with Gasteiger partial charge in [0.15, 0.2) is 0 Å². The molecule has 0 aromatic rings. The minimum Gasteiger partial charge on any atom is -0.353 e. The first kappa shape index (κ1) is 12.9. The summed E-state index contributed by atoms with van der Waals surface area (Å²) < 4.78 is 0. The largest absolute Gasteiger partial charge is 0.353 e. The van der Waals surface area contributed by atoms with E-state index in [1.165, 1.54) is 32.1 Å². The second kappa shape index (κ2) is 5.38. The third-order valence-electron chi connectivity index (χ3n) is 4.43. The van der Waals surface area contributed by atoms with Crippen LogP contribution in [0.1, 0.15) is 52.4 Å². The zero-order chi connectivity index (χ0) is 12.3. The van der Waals surface area contributed by atoms with E-state index in [-0.39, 0.29) is 5.91 Å². The molecule has 1 saturated heterocycles. The number of carbonyl (C=O) groups is 1. The topological polar surface area (TPSA) is 41.1 Å². The van der Waals surface area contributed by atoms with Crippen LogP contribution in [0.3, 0.4) is 0 Å². The minimum absolute atomic E-state index is 0.254. The lowest BCUT2D eigenvalue weighted by Crippen LogP contribution is -2.49. The lowest BCUT2D eigenvalue weighted by atomic mass is 9.74. The molecule has 2 fully saturated rings. The van der Waals surface area contributed by atoms with Gasteiger partial charge >= 0.3 is 0 Å². The molecule has 1 atom stereocenters. The summed E-state index contributed by atoms with van der Waals surface area (Å²) in [6, 6.07) is 0.441. The Morgan fingerprint density at radius 2 is 2.06 bits per heavy atom. The molecule has 3 nitrogen and oxygen atoms in total. The van der Waals surface area contributed by atoms with Crippen LogP contribution in [-0.4, -0.2) is 25.0 Å². The van der Waals surface area contributed by atoms with Gasteiger partial charge in [-0.25, -0.2) is 0 Å². The molecule has 0 aromatic heterocycles. The van der Waals surface area contributed by atoms with Crippen molar-refractivity contribution in [2.45, 2.75) is 58.4 Å². The molecule has 2 N–H and O–H groups in total. The number of rotatable bonds is 3. The van der Waals surface area contributed by atoms with E-state index < -0.39 is 0 Å². The number of nitrogens with one attached hydrogen (secondary N) is 2. The van der Waals surface area contributed by atoms with Crippen LogP contribution < -0.4 is 10.6 Å². The molecule has 1 amide bonds. The van der Waals surface area contributed by atoms with E-state index in [9.17, 15) is 4.79 Å². The van der Waals surface area contributed by atoms with Crippen LogP contribution in [0.2, 0.25) is 0 Å². The number of hydrogen-bond acceptors (Lipinski definition) is 2. The predicted molar refractivity (Wildman–Crippen MR) is 69.8 cm³/mol. The predicted octanol–water partition coefficient (Wildman–Crippen LogP) is 2.07. The van der Waals surface area contributed by atoms with Gasteiger partial charge in [0.2, 0.25) is 5.91 Å². The molecule has 1 aliphatic carbocycles. The molecule has 1 aliphatic heterocycles. The van der Waals surface area contributed by atoms with E-state index >= 15 is 0 Å². The van der Waals surface area contributed by atoms with Crippen molar-refractivity contribution in [3.8, 4) is 0 Å². The third kappa shape index (κ3) is 3.01. The highest BCUT2D eigenvalue weighted by Gasteiger charge is 2.43. The van der Waals surface area contributed by atoms with Crippen LogP contribution in [-0.2, 0) is 4.79 Å². The maximum absolute atomic E-state index is 11.9. The first-order chi connectivity index (χ1) is 8.12. The highest BCUT2D eigenvalue weighted by Crippen LogP contribution is 2.45. The number of hydrogen-bond donors (Lipinski definition) is 2. The van der Waals surface area contributed by atoms with Crippen LogP contribution in [0.4, 0.5) is 0 Å². The summed E-state index contributed by atoms with van der Waals surface area (Å²) in [4.78, 5) is 11.9. The highest BCUT2D eigenvalue weighted by atomic mass is 16.1. The second-order valence-electron chi connectivity index (χ2n) is 6.22. The summed E-state index contributed by atoms with van der Waals surface area (Å²) in [5, 5.41) is 6.73. The Kier molecular flexibility index (Phi) is 4.08. The Balaban J connectivity index is 1.92. The van der Waals surface area contributed by atoms with Crippen LogP contribution in [0.25, 0.3) is 0 Å². The van der Waals surface area contributed by atoms with E-state index in [4.69, 9.17) is 0 Å². The fourth-order valence-corrected chi connectivity index (χ4v) is 3.51. The van der Waals surface area contributed by atoms with E-state index in [0.717, 1.165) is 13.1 Å². The highest BCUT2D eigenvalue weighted by molar-refractivity contribution is 5.76. The standard InChI is InChI=1S/C14H26N2O/c1-11(2)10-13(17)16-12-4-3-5-14(12)6-8-15-9-7-14/h11-12,15H,3-10H2,1-2H3,(H,16,17). The summed E-state index contributed by atoms with van der Waals surface area (Å²) in [6.45, 7) is 6.45. The van der Waals surface area contributed by atoms with Crippen molar-refractivity contribution in [1.29, 1.82) is 0 Å². The van der Waals surface area contributed by atoms with Gasteiger partial charge in [-0.1, -0.05) is 20.3 Å². The van der Waals surface area contributed by atoms with Gasteiger partial charge in [-0.3, -0.25) is 4.79 Å². The fourth-order valence-electron chi connectivity index (χ4n) is 3.51. The van der Waals surface area contributed by atoms with Gasteiger partial charge in [-0.15, -0.1) is 0 Å². The molecule has 2 aliphatic rings. The zero-order valence-electron chi connectivity index (χ0n) is 11.2. The van der Waals surface area contributed by atoms with Gasteiger partial charge in [0.1, 0.15) is 0 Å². The molecule has 0 bridgehead atoms. The monoisotopic (exact) mass is 238 g/mol. The number of amides is 1. The maximum Gasteiger partial charge on any atom is 0.220 e. The maximum atomic E-state index is 11.9. The quantitative estimate of drug-likeness (QED) is 0.790. The minimum atomic E-state index is 0.254. The van der Waals surface area contributed by atoms with E-state index in [1.807, 2.05) is 0 Å². The van der Waals surface area contributed by atoms with Gasteiger partial charge in [0, 0.05) is 12.5 Å².